The summed E-state index contributed by atoms with van der Waals surface area (Å²) in [5, 5.41) is 5.75. The molecule has 2 aromatic rings. The Balaban J connectivity index is 2.45. The number of nitrogens with zero attached hydrogens (tertiary/aromatic N) is 3. The van der Waals surface area contributed by atoms with Crippen molar-refractivity contribution >= 4 is 40.9 Å². The maximum absolute atomic E-state index is 12.7. The highest BCUT2D eigenvalue weighted by molar-refractivity contribution is 8.07. The Bertz CT molecular complexity index is 846. The predicted octanol–water partition coefficient (Wildman–Crippen LogP) is 7.81. The van der Waals surface area contributed by atoms with E-state index in [2.05, 4.69) is 31.8 Å². The summed E-state index contributed by atoms with van der Waals surface area (Å²) in [6.07, 6.45) is 3.52. The van der Waals surface area contributed by atoms with Crippen molar-refractivity contribution < 1.29 is 8.78 Å². The van der Waals surface area contributed by atoms with Gasteiger partial charge in [-0.2, -0.15) is 5.10 Å². The quantitative estimate of drug-likeness (QED) is 0.192. The van der Waals surface area contributed by atoms with Gasteiger partial charge in [-0.25, -0.2) is 18.5 Å². The molecule has 1 aromatic heterocycles. The second-order valence-electron chi connectivity index (χ2n) is 6.73. The third kappa shape index (κ3) is 6.28. The number of thioether (sulfide) groups is 1. The third-order valence-electron chi connectivity index (χ3n) is 4.55. The molecule has 0 fully saturated rings. The number of benzene rings is 1. The van der Waals surface area contributed by atoms with Gasteiger partial charge in [0.25, 0.3) is 0 Å². The highest BCUT2D eigenvalue weighted by Crippen LogP contribution is 2.41. The molecule has 0 aliphatic carbocycles. The first-order valence-electron chi connectivity index (χ1n) is 9.45. The number of hydrogen-bond donors (Lipinski definition) is 0. The van der Waals surface area contributed by atoms with E-state index in [1.165, 1.54) is 4.68 Å². The number of aliphatic imine (C=N–C) groups is 1. The molecule has 156 valence electrons. The predicted molar refractivity (Wildman–Crippen MR) is 123 cm³/mol. The minimum Gasteiger partial charge on any atom is -0.244 e. The molecule has 0 saturated heterocycles. The smallest absolute Gasteiger partial charge is 0.244 e. The zero-order chi connectivity index (χ0) is 21.4. The molecule has 1 heterocycles. The zero-order valence-electron chi connectivity index (χ0n) is 16.6. The van der Waals surface area contributed by atoms with Crippen LogP contribution in [0.5, 0.6) is 0 Å². The highest BCUT2D eigenvalue weighted by Gasteiger charge is 2.24. The van der Waals surface area contributed by atoms with Crippen molar-refractivity contribution in [3.63, 3.8) is 0 Å². The van der Waals surface area contributed by atoms with Gasteiger partial charge in [0.1, 0.15) is 0 Å². The van der Waals surface area contributed by atoms with Crippen molar-refractivity contribution in [2.75, 3.05) is 5.75 Å². The van der Waals surface area contributed by atoms with E-state index >= 15 is 0 Å². The van der Waals surface area contributed by atoms with E-state index < -0.39 is 6.43 Å². The first kappa shape index (κ1) is 23.4. The third-order valence-corrected chi connectivity index (χ3v) is 5.72. The van der Waals surface area contributed by atoms with Crippen molar-refractivity contribution in [1.82, 2.24) is 9.78 Å². The number of aromatic nitrogens is 2. The fourth-order valence-electron chi connectivity index (χ4n) is 3.08. The molecule has 0 bridgehead atoms. The summed E-state index contributed by atoms with van der Waals surface area (Å²) < 4.78 is 26.9. The van der Waals surface area contributed by atoms with Gasteiger partial charge in [-0.15, -0.1) is 18.3 Å². The van der Waals surface area contributed by atoms with Crippen LogP contribution in [0.15, 0.2) is 48.5 Å². The fraction of sp³-hybridized carbons (Fsp3) is 0.364. The second-order valence-corrected chi connectivity index (χ2v) is 8.26. The lowest BCUT2D eigenvalue weighted by atomic mass is 9.94. The van der Waals surface area contributed by atoms with Crippen LogP contribution < -0.4 is 0 Å². The number of halogens is 3. The molecule has 0 aliphatic rings. The molecule has 1 unspecified atom stereocenters. The zero-order valence-corrected chi connectivity index (χ0v) is 18.2. The summed E-state index contributed by atoms with van der Waals surface area (Å²) in [7, 11) is 0. The fourth-order valence-corrected chi connectivity index (χ4v) is 3.77. The Hall–Kier alpha value is -1.92. The van der Waals surface area contributed by atoms with Crippen molar-refractivity contribution in [2.24, 2.45) is 4.99 Å². The van der Waals surface area contributed by atoms with E-state index in [4.69, 9.17) is 16.7 Å². The number of allylic oxidation sites excluding steroid dienone is 1. The molecule has 1 atom stereocenters. The Labute approximate surface area is 180 Å². The van der Waals surface area contributed by atoms with Crippen molar-refractivity contribution in [3.8, 4) is 11.1 Å². The van der Waals surface area contributed by atoms with Crippen LogP contribution in [0.25, 0.3) is 16.2 Å². The van der Waals surface area contributed by atoms with Crippen LogP contribution >= 0.6 is 23.4 Å². The van der Waals surface area contributed by atoms with E-state index in [1.807, 2.05) is 18.2 Å². The summed E-state index contributed by atoms with van der Waals surface area (Å²) >= 11 is 7.01. The van der Waals surface area contributed by atoms with Crippen LogP contribution in [0.1, 0.15) is 44.2 Å². The SMILES string of the molecule is C=CCCCCC(C)c1nn(C(=C)SCC(F)F)c(N=C)c1-c1ccc(Cl)cc1. The monoisotopic (exact) mass is 437 g/mol. The van der Waals surface area contributed by atoms with E-state index in [9.17, 15) is 8.78 Å². The van der Waals surface area contributed by atoms with E-state index in [-0.39, 0.29) is 11.7 Å². The Morgan fingerprint density at radius 3 is 2.59 bits per heavy atom. The molecule has 3 nitrogen and oxygen atoms in total. The number of alkyl halides is 2. The molecule has 2 rings (SSSR count). The standard InChI is InChI=1S/C22H26ClF2N3S/c1-5-6-7-8-9-15(2)21-20(17-10-12-18(23)13-11-17)22(26-4)28(27-21)16(3)29-14-19(24)25/h5,10-13,15,19H,1,3-4,6-9,14H2,2H3. The normalized spacial score (nSPS) is 12.2. The number of unbranched alkanes of at least 4 members (excludes halogenated alkanes) is 2. The average Bonchev–Trinajstić information content (AvgIpc) is 3.09. The topological polar surface area (TPSA) is 30.2 Å². The lowest BCUT2D eigenvalue weighted by Crippen LogP contribution is -2.02. The van der Waals surface area contributed by atoms with Crippen molar-refractivity contribution in [1.29, 1.82) is 0 Å². The summed E-state index contributed by atoms with van der Waals surface area (Å²) in [5.41, 5.74) is 2.60. The minimum atomic E-state index is -2.42. The van der Waals surface area contributed by atoms with Gasteiger partial charge in [-0.1, -0.05) is 49.7 Å². The minimum absolute atomic E-state index is 0.153. The lowest BCUT2D eigenvalue weighted by Gasteiger charge is -2.11. The van der Waals surface area contributed by atoms with Crippen LogP contribution in [0.4, 0.5) is 14.6 Å². The summed E-state index contributed by atoms with van der Waals surface area (Å²) in [4.78, 5) is 4.17. The molecule has 0 spiro atoms. The molecule has 0 N–H and O–H groups in total. The lowest BCUT2D eigenvalue weighted by molar-refractivity contribution is 0.177. The molecule has 0 amide bonds. The van der Waals surface area contributed by atoms with Crippen LogP contribution in [0.3, 0.4) is 0 Å². The largest absolute Gasteiger partial charge is 0.247 e. The molecular weight excluding hydrogens is 412 g/mol. The van der Waals surface area contributed by atoms with Crippen molar-refractivity contribution in [2.45, 2.75) is 45.0 Å². The van der Waals surface area contributed by atoms with Gasteiger partial charge >= 0.3 is 0 Å². The number of hydrogen-bond acceptors (Lipinski definition) is 3. The Morgan fingerprint density at radius 2 is 2.00 bits per heavy atom. The van der Waals surface area contributed by atoms with Gasteiger partial charge in [0.15, 0.2) is 5.82 Å². The summed E-state index contributed by atoms with van der Waals surface area (Å²) in [6.45, 7) is 13.5. The van der Waals surface area contributed by atoms with Gasteiger partial charge in [0, 0.05) is 10.9 Å². The van der Waals surface area contributed by atoms with Crippen LogP contribution in [0.2, 0.25) is 5.02 Å². The average molecular weight is 438 g/mol. The maximum atomic E-state index is 12.7. The molecule has 0 saturated carbocycles. The molecule has 7 heteroatoms. The summed E-state index contributed by atoms with van der Waals surface area (Å²) in [6, 6.07) is 7.42. The van der Waals surface area contributed by atoms with Gasteiger partial charge in [-0.3, -0.25) is 0 Å². The molecule has 1 aromatic carbocycles. The Morgan fingerprint density at radius 1 is 1.31 bits per heavy atom. The molecule has 0 radical (unpaired) electrons. The van der Waals surface area contributed by atoms with Crippen LogP contribution in [-0.4, -0.2) is 28.7 Å². The van der Waals surface area contributed by atoms with Gasteiger partial charge in [0.2, 0.25) is 6.43 Å². The Kier molecular flexibility index (Phi) is 9.11. The van der Waals surface area contributed by atoms with Crippen LogP contribution in [-0.2, 0) is 0 Å². The molecule has 0 aliphatic heterocycles. The van der Waals surface area contributed by atoms with Gasteiger partial charge in [-0.05, 0) is 43.7 Å². The summed E-state index contributed by atoms with van der Waals surface area (Å²) in [5.74, 6) is 0.310. The molecular formula is C22H26ClF2N3S. The maximum Gasteiger partial charge on any atom is 0.247 e. The second kappa shape index (κ2) is 11.3. The van der Waals surface area contributed by atoms with Gasteiger partial charge < -0.3 is 0 Å². The van der Waals surface area contributed by atoms with E-state index in [1.54, 1.807) is 12.1 Å². The van der Waals surface area contributed by atoms with E-state index in [0.717, 1.165) is 54.3 Å². The highest BCUT2D eigenvalue weighted by atomic mass is 35.5. The molecule has 29 heavy (non-hydrogen) atoms. The van der Waals surface area contributed by atoms with Crippen LogP contribution in [0, 0.1) is 0 Å². The first-order valence-corrected chi connectivity index (χ1v) is 10.8. The van der Waals surface area contributed by atoms with Gasteiger partial charge in [0.05, 0.1) is 22.0 Å². The first-order chi connectivity index (χ1) is 13.9. The number of rotatable bonds is 12. The van der Waals surface area contributed by atoms with Crippen molar-refractivity contribution in [3.05, 3.63) is 54.2 Å². The van der Waals surface area contributed by atoms with E-state index in [0.29, 0.717) is 15.9 Å².